The van der Waals surface area contributed by atoms with Crippen molar-refractivity contribution in [2.24, 2.45) is 0 Å². The van der Waals surface area contributed by atoms with E-state index in [-0.39, 0.29) is 17.5 Å². The summed E-state index contributed by atoms with van der Waals surface area (Å²) >= 11 is 0. The van der Waals surface area contributed by atoms with Gasteiger partial charge in [0.15, 0.2) is 5.82 Å². The van der Waals surface area contributed by atoms with E-state index in [9.17, 15) is 8.42 Å². The highest BCUT2D eigenvalue weighted by Crippen LogP contribution is 2.24. The molecule has 0 radical (unpaired) electrons. The molecular weight excluding hydrogens is 300 g/mol. The SMILES string of the molecule is O=S1(=O)CCC(Nc2nc3ccccc3n3cncc23)CC1. The lowest BCUT2D eigenvalue weighted by Gasteiger charge is -2.24. The van der Waals surface area contributed by atoms with Crippen molar-refractivity contribution in [3.63, 3.8) is 0 Å². The van der Waals surface area contributed by atoms with Crippen molar-refractivity contribution in [3.8, 4) is 0 Å². The normalized spacial score (nSPS) is 18.7. The number of aromatic nitrogens is 3. The lowest BCUT2D eigenvalue weighted by molar-refractivity contribution is 0.559. The molecule has 0 amide bonds. The first-order chi connectivity index (χ1) is 10.6. The Bertz CT molecular complexity index is 934. The fraction of sp³-hybridized carbons (Fsp3) is 0.333. The minimum atomic E-state index is -2.85. The van der Waals surface area contributed by atoms with Crippen LogP contribution in [0.25, 0.3) is 16.6 Å². The largest absolute Gasteiger partial charge is 0.365 e. The zero-order valence-electron chi connectivity index (χ0n) is 11.9. The van der Waals surface area contributed by atoms with E-state index in [1.807, 2.05) is 28.7 Å². The minimum absolute atomic E-state index is 0.135. The Labute approximate surface area is 128 Å². The van der Waals surface area contributed by atoms with Crippen molar-refractivity contribution in [2.45, 2.75) is 18.9 Å². The van der Waals surface area contributed by atoms with Gasteiger partial charge in [0.25, 0.3) is 0 Å². The highest BCUT2D eigenvalue weighted by Gasteiger charge is 2.24. The second-order valence-corrected chi connectivity index (χ2v) is 7.97. The van der Waals surface area contributed by atoms with Crippen molar-refractivity contribution in [2.75, 3.05) is 16.8 Å². The van der Waals surface area contributed by atoms with Crippen LogP contribution in [0, 0.1) is 0 Å². The van der Waals surface area contributed by atoms with Gasteiger partial charge in [-0.25, -0.2) is 18.4 Å². The van der Waals surface area contributed by atoms with Crippen LogP contribution in [-0.4, -0.2) is 40.3 Å². The maximum Gasteiger partial charge on any atom is 0.152 e. The molecule has 1 aliphatic heterocycles. The van der Waals surface area contributed by atoms with Crippen molar-refractivity contribution >= 4 is 32.2 Å². The van der Waals surface area contributed by atoms with Crippen molar-refractivity contribution in [1.82, 2.24) is 14.4 Å². The molecule has 0 aliphatic carbocycles. The Hall–Kier alpha value is -2.15. The molecule has 4 rings (SSSR count). The van der Waals surface area contributed by atoms with Gasteiger partial charge in [0, 0.05) is 6.04 Å². The molecule has 1 N–H and O–H groups in total. The molecule has 1 saturated heterocycles. The summed E-state index contributed by atoms with van der Waals surface area (Å²) in [6, 6.07) is 8.03. The molecule has 7 heteroatoms. The number of rotatable bonds is 2. The fourth-order valence-electron chi connectivity index (χ4n) is 2.94. The number of anilines is 1. The van der Waals surface area contributed by atoms with Crippen LogP contribution in [0.4, 0.5) is 5.82 Å². The lowest BCUT2D eigenvalue weighted by Crippen LogP contribution is -2.32. The molecule has 3 heterocycles. The molecule has 2 aromatic heterocycles. The van der Waals surface area contributed by atoms with Gasteiger partial charge in [-0.3, -0.25) is 4.40 Å². The Morgan fingerprint density at radius 1 is 1.14 bits per heavy atom. The summed E-state index contributed by atoms with van der Waals surface area (Å²) in [4.78, 5) is 8.90. The average molecular weight is 316 g/mol. The smallest absolute Gasteiger partial charge is 0.152 e. The molecule has 6 nitrogen and oxygen atoms in total. The zero-order valence-corrected chi connectivity index (χ0v) is 12.8. The quantitative estimate of drug-likeness (QED) is 0.781. The van der Waals surface area contributed by atoms with E-state index in [0.29, 0.717) is 12.8 Å². The van der Waals surface area contributed by atoms with Gasteiger partial charge in [0.2, 0.25) is 0 Å². The van der Waals surface area contributed by atoms with E-state index in [1.165, 1.54) is 0 Å². The Kier molecular flexibility index (Phi) is 3.04. The van der Waals surface area contributed by atoms with Gasteiger partial charge in [-0.05, 0) is 25.0 Å². The van der Waals surface area contributed by atoms with Gasteiger partial charge in [-0.15, -0.1) is 0 Å². The second kappa shape index (κ2) is 4.95. The number of nitrogens with one attached hydrogen (secondary N) is 1. The standard InChI is InChI=1S/C15H16N4O2S/c20-22(21)7-5-11(6-8-22)17-15-14-9-16-10-19(14)13-4-2-1-3-12(13)18-15/h1-4,9-11H,5-8H2,(H,17,18). The monoisotopic (exact) mass is 316 g/mol. The molecule has 0 bridgehead atoms. The van der Waals surface area contributed by atoms with Crippen molar-refractivity contribution in [1.29, 1.82) is 0 Å². The lowest BCUT2D eigenvalue weighted by atomic mass is 10.1. The summed E-state index contributed by atoms with van der Waals surface area (Å²) in [5.41, 5.74) is 2.80. The Morgan fingerprint density at radius 2 is 1.91 bits per heavy atom. The molecule has 0 spiro atoms. The van der Waals surface area contributed by atoms with E-state index >= 15 is 0 Å². The third-order valence-corrected chi connectivity index (χ3v) is 5.87. The predicted molar refractivity (Wildman–Crippen MR) is 85.8 cm³/mol. The third kappa shape index (κ3) is 2.31. The van der Waals surface area contributed by atoms with E-state index in [1.54, 1.807) is 12.5 Å². The molecule has 3 aromatic rings. The van der Waals surface area contributed by atoms with E-state index in [0.717, 1.165) is 22.4 Å². The second-order valence-electron chi connectivity index (χ2n) is 5.67. The molecular formula is C15H16N4O2S. The van der Waals surface area contributed by atoms with Crippen LogP contribution in [-0.2, 0) is 9.84 Å². The van der Waals surface area contributed by atoms with Gasteiger partial charge in [-0.2, -0.15) is 0 Å². The summed E-state index contributed by atoms with van der Waals surface area (Å²) in [5, 5.41) is 3.40. The number of fused-ring (bicyclic) bond motifs is 3. The zero-order chi connectivity index (χ0) is 15.2. The molecule has 1 aliphatic rings. The Morgan fingerprint density at radius 3 is 2.73 bits per heavy atom. The number of benzene rings is 1. The maximum absolute atomic E-state index is 11.5. The molecule has 1 fully saturated rings. The topological polar surface area (TPSA) is 76.4 Å². The maximum atomic E-state index is 11.5. The highest BCUT2D eigenvalue weighted by atomic mass is 32.2. The first-order valence-corrected chi connectivity index (χ1v) is 9.12. The average Bonchev–Trinajstić information content (AvgIpc) is 2.99. The number of hydrogen-bond donors (Lipinski definition) is 1. The van der Waals surface area contributed by atoms with Crippen LogP contribution in [0.5, 0.6) is 0 Å². The predicted octanol–water partition coefficient (Wildman–Crippen LogP) is 1.87. The molecule has 0 unspecified atom stereocenters. The highest BCUT2D eigenvalue weighted by molar-refractivity contribution is 7.91. The summed E-state index contributed by atoms with van der Waals surface area (Å²) < 4.78 is 25.1. The van der Waals surface area contributed by atoms with Gasteiger partial charge >= 0.3 is 0 Å². The molecule has 0 atom stereocenters. The molecule has 22 heavy (non-hydrogen) atoms. The first-order valence-electron chi connectivity index (χ1n) is 7.30. The van der Waals surface area contributed by atoms with E-state index in [2.05, 4.69) is 15.3 Å². The van der Waals surface area contributed by atoms with Crippen molar-refractivity contribution < 1.29 is 8.42 Å². The van der Waals surface area contributed by atoms with Crippen LogP contribution in [0.3, 0.4) is 0 Å². The molecule has 0 saturated carbocycles. The van der Waals surface area contributed by atoms with Crippen molar-refractivity contribution in [3.05, 3.63) is 36.8 Å². The first kappa shape index (κ1) is 13.5. The summed E-state index contributed by atoms with van der Waals surface area (Å²) in [6.45, 7) is 0. The summed E-state index contributed by atoms with van der Waals surface area (Å²) in [7, 11) is -2.85. The molecule has 1 aromatic carbocycles. The van der Waals surface area contributed by atoms with Gasteiger partial charge < -0.3 is 5.32 Å². The van der Waals surface area contributed by atoms with Crippen LogP contribution in [0.15, 0.2) is 36.8 Å². The van der Waals surface area contributed by atoms with Gasteiger partial charge in [-0.1, -0.05) is 12.1 Å². The van der Waals surface area contributed by atoms with E-state index in [4.69, 9.17) is 0 Å². The Balaban J connectivity index is 1.73. The number of nitrogens with zero attached hydrogens (tertiary/aromatic N) is 3. The number of sulfone groups is 1. The van der Waals surface area contributed by atoms with Crippen LogP contribution >= 0.6 is 0 Å². The molecule has 114 valence electrons. The van der Waals surface area contributed by atoms with Gasteiger partial charge in [0.05, 0.1) is 35.1 Å². The van der Waals surface area contributed by atoms with E-state index < -0.39 is 9.84 Å². The number of imidazole rings is 1. The number of para-hydroxylation sites is 2. The van der Waals surface area contributed by atoms with Gasteiger partial charge in [0.1, 0.15) is 15.4 Å². The van der Waals surface area contributed by atoms with Crippen LogP contribution < -0.4 is 5.32 Å². The summed E-state index contributed by atoms with van der Waals surface area (Å²) in [6.07, 6.45) is 4.80. The van der Waals surface area contributed by atoms with Crippen LogP contribution in [0.1, 0.15) is 12.8 Å². The minimum Gasteiger partial charge on any atom is -0.365 e. The van der Waals surface area contributed by atoms with Crippen LogP contribution in [0.2, 0.25) is 0 Å². The third-order valence-electron chi connectivity index (χ3n) is 4.15. The summed E-state index contributed by atoms with van der Waals surface area (Å²) in [5.74, 6) is 1.25. The fourth-order valence-corrected chi connectivity index (χ4v) is 4.43. The number of hydrogen-bond acceptors (Lipinski definition) is 5.